The SMILES string of the molecule is COc1cccc(/C=N\NC(=O)c2ccc(-c3ccccc3)cc2)c1. The van der Waals surface area contributed by atoms with E-state index in [2.05, 4.69) is 10.5 Å². The molecule has 124 valence electrons. The fourth-order valence-electron chi connectivity index (χ4n) is 2.40. The van der Waals surface area contributed by atoms with Crippen LogP contribution in [0.3, 0.4) is 0 Å². The van der Waals surface area contributed by atoms with Crippen LogP contribution in [0.2, 0.25) is 0 Å². The number of rotatable bonds is 5. The molecule has 3 rings (SSSR count). The van der Waals surface area contributed by atoms with Gasteiger partial charge >= 0.3 is 0 Å². The van der Waals surface area contributed by atoms with E-state index >= 15 is 0 Å². The summed E-state index contributed by atoms with van der Waals surface area (Å²) in [5, 5.41) is 3.99. The molecule has 1 amide bonds. The topological polar surface area (TPSA) is 50.7 Å². The quantitative estimate of drug-likeness (QED) is 0.565. The number of carbonyl (C=O) groups excluding carboxylic acids is 1. The number of hydrazone groups is 1. The molecule has 0 fully saturated rings. The minimum Gasteiger partial charge on any atom is -0.497 e. The van der Waals surface area contributed by atoms with Gasteiger partial charge < -0.3 is 4.74 Å². The molecule has 1 N–H and O–H groups in total. The Morgan fingerprint density at radius 2 is 1.64 bits per heavy atom. The molecule has 3 aromatic carbocycles. The summed E-state index contributed by atoms with van der Waals surface area (Å²) in [5.41, 5.74) is 6.12. The third kappa shape index (κ3) is 4.32. The van der Waals surface area contributed by atoms with Crippen molar-refractivity contribution in [3.05, 3.63) is 90.0 Å². The van der Waals surface area contributed by atoms with Gasteiger partial charge in [0.25, 0.3) is 5.91 Å². The predicted octanol–water partition coefficient (Wildman–Crippen LogP) is 4.13. The Labute approximate surface area is 146 Å². The van der Waals surface area contributed by atoms with Crippen molar-refractivity contribution in [3.63, 3.8) is 0 Å². The predicted molar refractivity (Wildman–Crippen MR) is 99.9 cm³/mol. The number of carbonyl (C=O) groups is 1. The molecule has 0 aliphatic carbocycles. The maximum atomic E-state index is 12.2. The highest BCUT2D eigenvalue weighted by Gasteiger charge is 2.04. The first-order valence-corrected chi connectivity index (χ1v) is 7.89. The second-order valence-electron chi connectivity index (χ2n) is 5.42. The third-order valence-corrected chi connectivity index (χ3v) is 3.73. The van der Waals surface area contributed by atoms with Crippen molar-refractivity contribution in [2.24, 2.45) is 5.10 Å². The van der Waals surface area contributed by atoms with Gasteiger partial charge in [0.1, 0.15) is 5.75 Å². The molecule has 0 aliphatic rings. The van der Waals surface area contributed by atoms with Crippen molar-refractivity contribution in [1.82, 2.24) is 5.43 Å². The van der Waals surface area contributed by atoms with Crippen molar-refractivity contribution >= 4 is 12.1 Å². The van der Waals surface area contributed by atoms with Gasteiger partial charge in [-0.3, -0.25) is 4.79 Å². The molecule has 0 saturated carbocycles. The van der Waals surface area contributed by atoms with Crippen LogP contribution in [0.15, 0.2) is 84.0 Å². The van der Waals surface area contributed by atoms with Crippen molar-refractivity contribution in [2.45, 2.75) is 0 Å². The summed E-state index contributed by atoms with van der Waals surface area (Å²) in [7, 11) is 1.61. The minimum absolute atomic E-state index is 0.251. The third-order valence-electron chi connectivity index (χ3n) is 3.73. The van der Waals surface area contributed by atoms with Crippen LogP contribution in [0.1, 0.15) is 15.9 Å². The molecule has 4 heteroatoms. The molecule has 0 unspecified atom stereocenters. The maximum absolute atomic E-state index is 12.2. The molecule has 0 bridgehead atoms. The van der Waals surface area contributed by atoms with Gasteiger partial charge in [0.2, 0.25) is 0 Å². The summed E-state index contributed by atoms with van der Waals surface area (Å²) in [6.07, 6.45) is 1.58. The fourth-order valence-corrected chi connectivity index (χ4v) is 2.40. The summed E-state index contributed by atoms with van der Waals surface area (Å²) in [6, 6.07) is 24.9. The van der Waals surface area contributed by atoms with Gasteiger partial charge in [0.15, 0.2) is 0 Å². The fraction of sp³-hybridized carbons (Fsp3) is 0.0476. The highest BCUT2D eigenvalue weighted by atomic mass is 16.5. The summed E-state index contributed by atoms with van der Waals surface area (Å²) < 4.78 is 5.15. The van der Waals surface area contributed by atoms with Crippen LogP contribution in [0.25, 0.3) is 11.1 Å². The van der Waals surface area contributed by atoms with E-state index in [1.165, 1.54) is 0 Å². The molecular formula is C21H18N2O2. The molecule has 0 radical (unpaired) electrons. The molecule has 4 nitrogen and oxygen atoms in total. The highest BCUT2D eigenvalue weighted by Crippen LogP contribution is 2.19. The van der Waals surface area contributed by atoms with Gasteiger partial charge in [-0.25, -0.2) is 5.43 Å². The Morgan fingerprint density at radius 1 is 0.920 bits per heavy atom. The van der Waals surface area contributed by atoms with Crippen LogP contribution >= 0.6 is 0 Å². The van der Waals surface area contributed by atoms with E-state index in [4.69, 9.17) is 4.74 Å². The molecule has 0 aromatic heterocycles. The minimum atomic E-state index is -0.251. The van der Waals surface area contributed by atoms with Gasteiger partial charge in [-0.2, -0.15) is 5.10 Å². The monoisotopic (exact) mass is 330 g/mol. The molecule has 0 spiro atoms. The number of benzene rings is 3. The molecule has 25 heavy (non-hydrogen) atoms. The lowest BCUT2D eigenvalue weighted by Crippen LogP contribution is -2.17. The molecule has 0 atom stereocenters. The highest BCUT2D eigenvalue weighted by molar-refractivity contribution is 5.95. The number of nitrogens with one attached hydrogen (secondary N) is 1. The van der Waals surface area contributed by atoms with Gasteiger partial charge in [-0.15, -0.1) is 0 Å². The Bertz CT molecular complexity index is 872. The van der Waals surface area contributed by atoms with Crippen LogP contribution in [0, 0.1) is 0 Å². The zero-order valence-electron chi connectivity index (χ0n) is 13.8. The van der Waals surface area contributed by atoms with E-state index in [-0.39, 0.29) is 5.91 Å². The van der Waals surface area contributed by atoms with E-state index in [0.29, 0.717) is 5.56 Å². The first kappa shape index (κ1) is 16.5. The average molecular weight is 330 g/mol. The lowest BCUT2D eigenvalue weighted by Gasteiger charge is -2.04. The Kier molecular flexibility index (Phi) is 5.22. The van der Waals surface area contributed by atoms with Crippen LogP contribution in [-0.2, 0) is 0 Å². The van der Waals surface area contributed by atoms with Crippen LogP contribution in [-0.4, -0.2) is 19.2 Å². The molecule has 0 heterocycles. The van der Waals surface area contributed by atoms with Crippen molar-refractivity contribution in [1.29, 1.82) is 0 Å². The van der Waals surface area contributed by atoms with E-state index in [1.54, 1.807) is 25.5 Å². The largest absolute Gasteiger partial charge is 0.497 e. The summed E-state index contributed by atoms with van der Waals surface area (Å²) in [4.78, 5) is 12.2. The van der Waals surface area contributed by atoms with Crippen molar-refractivity contribution in [2.75, 3.05) is 7.11 Å². The number of methoxy groups -OCH3 is 1. The zero-order valence-corrected chi connectivity index (χ0v) is 13.8. The summed E-state index contributed by atoms with van der Waals surface area (Å²) in [6.45, 7) is 0. The van der Waals surface area contributed by atoms with E-state index in [9.17, 15) is 4.79 Å². The Hall–Kier alpha value is -3.40. The average Bonchev–Trinajstić information content (AvgIpc) is 2.69. The first-order chi connectivity index (χ1) is 12.3. The van der Waals surface area contributed by atoms with Gasteiger partial charge in [-0.05, 0) is 41.0 Å². The van der Waals surface area contributed by atoms with Crippen LogP contribution < -0.4 is 10.2 Å². The zero-order chi connectivity index (χ0) is 17.5. The molecule has 3 aromatic rings. The summed E-state index contributed by atoms with van der Waals surface area (Å²) in [5.74, 6) is 0.491. The smallest absolute Gasteiger partial charge is 0.271 e. The van der Waals surface area contributed by atoms with Crippen molar-refractivity contribution < 1.29 is 9.53 Å². The van der Waals surface area contributed by atoms with Crippen LogP contribution in [0.5, 0.6) is 5.75 Å². The Morgan fingerprint density at radius 3 is 2.36 bits per heavy atom. The van der Waals surface area contributed by atoms with E-state index in [1.807, 2.05) is 66.7 Å². The van der Waals surface area contributed by atoms with Crippen molar-refractivity contribution in [3.8, 4) is 16.9 Å². The number of hydrogen-bond acceptors (Lipinski definition) is 3. The second-order valence-corrected chi connectivity index (χ2v) is 5.42. The number of ether oxygens (including phenoxy) is 1. The lowest BCUT2D eigenvalue weighted by molar-refractivity contribution is 0.0955. The summed E-state index contributed by atoms with van der Waals surface area (Å²) >= 11 is 0. The van der Waals surface area contributed by atoms with Gasteiger partial charge in [0.05, 0.1) is 13.3 Å². The molecule has 0 aliphatic heterocycles. The van der Waals surface area contributed by atoms with Gasteiger partial charge in [0, 0.05) is 5.56 Å². The number of hydrogen-bond donors (Lipinski definition) is 1. The number of nitrogens with zero attached hydrogens (tertiary/aromatic N) is 1. The van der Waals surface area contributed by atoms with E-state index < -0.39 is 0 Å². The molecular weight excluding hydrogens is 312 g/mol. The lowest BCUT2D eigenvalue weighted by atomic mass is 10.0. The van der Waals surface area contributed by atoms with Crippen LogP contribution in [0.4, 0.5) is 0 Å². The van der Waals surface area contributed by atoms with E-state index in [0.717, 1.165) is 22.4 Å². The normalized spacial score (nSPS) is 10.6. The first-order valence-electron chi connectivity index (χ1n) is 7.89. The Balaban J connectivity index is 1.64. The molecule has 0 saturated heterocycles. The number of amides is 1. The second kappa shape index (κ2) is 7.93. The standard InChI is InChI=1S/C21H18N2O2/c1-25-20-9-5-6-16(14-20)15-22-23-21(24)19-12-10-18(11-13-19)17-7-3-2-4-8-17/h2-15H,1H3,(H,23,24)/b22-15-. The maximum Gasteiger partial charge on any atom is 0.271 e. The van der Waals surface area contributed by atoms with Gasteiger partial charge in [-0.1, -0.05) is 54.6 Å².